The van der Waals surface area contributed by atoms with Crippen LogP contribution < -0.4 is 5.32 Å². The Labute approximate surface area is 157 Å². The molecule has 0 aliphatic heterocycles. The van der Waals surface area contributed by atoms with Gasteiger partial charge in [-0.15, -0.1) is 10.2 Å². The summed E-state index contributed by atoms with van der Waals surface area (Å²) in [5.74, 6) is 0.670. The highest BCUT2D eigenvalue weighted by Crippen LogP contribution is 2.19. The van der Waals surface area contributed by atoms with Crippen LogP contribution in [0.25, 0.3) is 0 Å². The van der Waals surface area contributed by atoms with Crippen LogP contribution in [-0.2, 0) is 11.2 Å². The first-order valence-electron chi connectivity index (χ1n) is 8.37. The van der Waals surface area contributed by atoms with Crippen LogP contribution in [0.3, 0.4) is 0 Å². The summed E-state index contributed by atoms with van der Waals surface area (Å²) in [6.45, 7) is 6.16. The topological polar surface area (TPSA) is 68.0 Å². The fraction of sp³-hybridized carbons (Fsp3) is 0.250. The van der Waals surface area contributed by atoms with Gasteiger partial charge >= 0.3 is 0 Å². The van der Waals surface area contributed by atoms with E-state index >= 15 is 0 Å². The number of hydrogen-bond acceptors (Lipinski definition) is 5. The van der Waals surface area contributed by atoms with E-state index in [0.29, 0.717) is 17.5 Å². The van der Waals surface area contributed by atoms with E-state index in [-0.39, 0.29) is 11.7 Å². The second-order valence-corrected chi connectivity index (χ2v) is 7.19. The Hall–Kier alpha value is -2.60. The van der Waals surface area contributed by atoms with Crippen LogP contribution in [-0.4, -0.2) is 21.9 Å². The van der Waals surface area contributed by atoms with Crippen molar-refractivity contribution in [3.8, 4) is 0 Å². The first kappa shape index (κ1) is 18.2. The summed E-state index contributed by atoms with van der Waals surface area (Å²) in [6.07, 6.45) is 0.587. The number of aryl methyl sites for hydroxylation is 3. The minimum atomic E-state index is -0.102. The number of nitrogens with zero attached hydrogens (tertiary/aromatic N) is 2. The van der Waals surface area contributed by atoms with Gasteiger partial charge in [-0.05, 0) is 55.2 Å². The molecule has 6 heteroatoms. The zero-order valence-electron chi connectivity index (χ0n) is 15.1. The van der Waals surface area contributed by atoms with E-state index in [1.807, 2.05) is 31.2 Å². The van der Waals surface area contributed by atoms with Gasteiger partial charge in [0.2, 0.25) is 11.8 Å². The number of thioether (sulfide) groups is 1. The number of carbonyl (C=O) groups excluding carboxylic acids is 1. The van der Waals surface area contributed by atoms with Crippen LogP contribution in [0, 0.1) is 20.8 Å². The molecule has 1 N–H and O–H groups in total. The van der Waals surface area contributed by atoms with Crippen molar-refractivity contribution in [1.82, 2.24) is 10.2 Å². The molecule has 1 heterocycles. The lowest BCUT2D eigenvalue weighted by Crippen LogP contribution is -2.13. The average Bonchev–Trinajstić information content (AvgIpc) is 3.04. The zero-order valence-corrected chi connectivity index (χ0v) is 15.9. The van der Waals surface area contributed by atoms with Crippen LogP contribution in [0.2, 0.25) is 0 Å². The summed E-state index contributed by atoms with van der Waals surface area (Å²) in [5, 5.41) is 11.3. The van der Waals surface area contributed by atoms with Crippen LogP contribution >= 0.6 is 11.8 Å². The van der Waals surface area contributed by atoms with Gasteiger partial charge in [0, 0.05) is 5.69 Å². The fourth-order valence-electron chi connectivity index (χ4n) is 2.50. The first-order valence-corrected chi connectivity index (χ1v) is 9.36. The molecular weight excluding hydrogens is 346 g/mol. The molecule has 0 aliphatic carbocycles. The fourth-order valence-corrected chi connectivity index (χ4v) is 3.08. The molecule has 0 spiro atoms. The van der Waals surface area contributed by atoms with Crippen molar-refractivity contribution >= 4 is 23.4 Å². The van der Waals surface area contributed by atoms with E-state index in [2.05, 4.69) is 47.6 Å². The van der Waals surface area contributed by atoms with E-state index in [1.54, 1.807) is 0 Å². The van der Waals surface area contributed by atoms with Crippen LogP contribution in [0.1, 0.15) is 28.1 Å². The van der Waals surface area contributed by atoms with E-state index in [1.165, 1.54) is 22.9 Å². The lowest BCUT2D eigenvalue weighted by Gasteiger charge is -2.04. The molecule has 5 nitrogen and oxygen atoms in total. The third kappa shape index (κ3) is 4.95. The molecule has 0 bridgehead atoms. The van der Waals surface area contributed by atoms with Gasteiger partial charge in [-0.3, -0.25) is 4.79 Å². The predicted molar refractivity (Wildman–Crippen MR) is 104 cm³/mol. The molecule has 2 aromatic carbocycles. The second kappa shape index (κ2) is 8.19. The molecule has 3 aromatic rings. The number of carbonyl (C=O) groups is 1. The standard InChI is InChI=1S/C20H21N3O2S/c1-13-5-4-6-17(9-13)21-18(24)12-26-20-23-22-19(25-20)11-16-8-7-14(2)15(3)10-16/h4-10H,11-12H2,1-3H3,(H,21,24). The smallest absolute Gasteiger partial charge is 0.277 e. The van der Waals surface area contributed by atoms with Crippen molar-refractivity contribution in [2.45, 2.75) is 32.4 Å². The maximum atomic E-state index is 12.0. The Kier molecular flexibility index (Phi) is 5.73. The maximum absolute atomic E-state index is 12.0. The highest BCUT2D eigenvalue weighted by molar-refractivity contribution is 7.99. The molecular formula is C20H21N3O2S. The summed E-state index contributed by atoms with van der Waals surface area (Å²) < 4.78 is 5.64. The quantitative estimate of drug-likeness (QED) is 0.657. The molecule has 0 aliphatic rings. The van der Waals surface area contributed by atoms with Crippen molar-refractivity contribution in [3.63, 3.8) is 0 Å². The third-order valence-corrected chi connectivity index (χ3v) is 4.82. The normalized spacial score (nSPS) is 10.7. The lowest BCUT2D eigenvalue weighted by atomic mass is 10.0. The van der Waals surface area contributed by atoms with Gasteiger partial charge in [0.25, 0.3) is 5.22 Å². The van der Waals surface area contributed by atoms with Crippen molar-refractivity contribution < 1.29 is 9.21 Å². The molecule has 0 fully saturated rings. The average molecular weight is 367 g/mol. The Morgan fingerprint density at radius 3 is 2.69 bits per heavy atom. The number of nitrogens with one attached hydrogen (secondary N) is 1. The minimum Gasteiger partial charge on any atom is -0.416 e. The van der Waals surface area contributed by atoms with Gasteiger partial charge in [0.15, 0.2) is 0 Å². The molecule has 134 valence electrons. The lowest BCUT2D eigenvalue weighted by molar-refractivity contribution is -0.113. The second-order valence-electron chi connectivity index (χ2n) is 6.26. The highest BCUT2D eigenvalue weighted by atomic mass is 32.2. The van der Waals surface area contributed by atoms with Crippen LogP contribution in [0.5, 0.6) is 0 Å². The number of anilines is 1. The molecule has 26 heavy (non-hydrogen) atoms. The number of hydrogen-bond donors (Lipinski definition) is 1. The predicted octanol–water partition coefficient (Wildman–Crippen LogP) is 4.32. The largest absolute Gasteiger partial charge is 0.416 e. The number of aromatic nitrogens is 2. The van der Waals surface area contributed by atoms with Gasteiger partial charge in [-0.2, -0.15) is 0 Å². The Morgan fingerprint density at radius 2 is 1.92 bits per heavy atom. The van der Waals surface area contributed by atoms with Gasteiger partial charge in [0.1, 0.15) is 0 Å². The van der Waals surface area contributed by atoms with Crippen molar-refractivity contribution in [3.05, 3.63) is 70.6 Å². The Bertz CT molecular complexity index is 921. The first-order chi connectivity index (χ1) is 12.5. The molecule has 3 rings (SSSR count). The third-order valence-electron chi connectivity index (χ3n) is 4.00. The van der Waals surface area contributed by atoms with E-state index in [4.69, 9.17) is 4.42 Å². The van der Waals surface area contributed by atoms with Crippen molar-refractivity contribution in [2.24, 2.45) is 0 Å². The van der Waals surface area contributed by atoms with Gasteiger partial charge in [-0.25, -0.2) is 0 Å². The van der Waals surface area contributed by atoms with Gasteiger partial charge in [0.05, 0.1) is 12.2 Å². The number of rotatable bonds is 6. The number of benzene rings is 2. The summed E-state index contributed by atoms with van der Waals surface area (Å²) in [6, 6.07) is 14.0. The molecule has 0 saturated heterocycles. The number of amides is 1. The van der Waals surface area contributed by atoms with Crippen molar-refractivity contribution in [2.75, 3.05) is 11.1 Å². The maximum Gasteiger partial charge on any atom is 0.277 e. The molecule has 1 aromatic heterocycles. The van der Waals surface area contributed by atoms with E-state index in [0.717, 1.165) is 16.8 Å². The van der Waals surface area contributed by atoms with E-state index in [9.17, 15) is 4.79 Å². The zero-order chi connectivity index (χ0) is 18.5. The molecule has 0 atom stereocenters. The van der Waals surface area contributed by atoms with Gasteiger partial charge < -0.3 is 9.73 Å². The monoisotopic (exact) mass is 367 g/mol. The van der Waals surface area contributed by atoms with Crippen LogP contribution in [0.4, 0.5) is 5.69 Å². The molecule has 0 saturated carbocycles. The molecule has 0 radical (unpaired) electrons. The summed E-state index contributed by atoms with van der Waals surface area (Å²) in [7, 11) is 0. The summed E-state index contributed by atoms with van der Waals surface area (Å²) in [5.41, 5.74) is 5.52. The molecule has 0 unspecified atom stereocenters. The van der Waals surface area contributed by atoms with E-state index < -0.39 is 0 Å². The summed E-state index contributed by atoms with van der Waals surface area (Å²) >= 11 is 1.24. The highest BCUT2D eigenvalue weighted by Gasteiger charge is 2.11. The Morgan fingerprint density at radius 1 is 1.08 bits per heavy atom. The van der Waals surface area contributed by atoms with Gasteiger partial charge in [-0.1, -0.05) is 42.1 Å². The van der Waals surface area contributed by atoms with Crippen molar-refractivity contribution in [1.29, 1.82) is 0 Å². The molecule has 1 amide bonds. The Balaban J connectivity index is 1.53. The van der Waals surface area contributed by atoms with Crippen LogP contribution in [0.15, 0.2) is 52.1 Å². The SMILES string of the molecule is Cc1cccc(NC(=O)CSc2nnc(Cc3ccc(C)c(C)c3)o2)c1. The summed E-state index contributed by atoms with van der Waals surface area (Å²) in [4.78, 5) is 12.0. The minimum absolute atomic E-state index is 0.102.